The van der Waals surface area contributed by atoms with E-state index in [1.54, 1.807) is 31.4 Å². The van der Waals surface area contributed by atoms with Gasteiger partial charge in [-0.25, -0.2) is 9.40 Å². The van der Waals surface area contributed by atoms with Crippen molar-refractivity contribution in [2.24, 2.45) is 5.10 Å². The lowest BCUT2D eigenvalue weighted by Crippen LogP contribution is -2.27. The second-order valence-corrected chi connectivity index (χ2v) is 7.12. The molecule has 3 aromatic rings. The van der Waals surface area contributed by atoms with Crippen molar-refractivity contribution >= 4 is 23.2 Å². The lowest BCUT2D eigenvalue weighted by Gasteiger charge is -2.22. The number of halogens is 2. The molecule has 4 rings (SSSR count). The van der Waals surface area contributed by atoms with Crippen LogP contribution in [-0.4, -0.2) is 23.7 Å². The van der Waals surface area contributed by atoms with Crippen LogP contribution < -0.4 is 4.74 Å². The van der Waals surface area contributed by atoms with Crippen LogP contribution in [-0.2, 0) is 0 Å². The van der Waals surface area contributed by atoms with Crippen LogP contribution in [0.4, 0.5) is 4.39 Å². The fourth-order valence-electron chi connectivity index (χ4n) is 3.41. The molecule has 0 bridgehead atoms. The maximum atomic E-state index is 14.3. The van der Waals surface area contributed by atoms with Gasteiger partial charge in [0.2, 0.25) is 0 Å². The smallest absolute Gasteiger partial charge is 0.277 e. The minimum atomic E-state index is -0.577. The maximum Gasteiger partial charge on any atom is 0.277 e. The fraction of sp³-hybridized carbons (Fsp3) is 0.130. The van der Waals surface area contributed by atoms with Crippen molar-refractivity contribution in [2.75, 3.05) is 7.11 Å². The van der Waals surface area contributed by atoms with Crippen LogP contribution >= 0.6 is 11.6 Å². The Hall–Kier alpha value is -3.18. The van der Waals surface area contributed by atoms with E-state index in [0.717, 1.165) is 16.8 Å². The second kappa shape index (κ2) is 8.05. The first-order valence-corrected chi connectivity index (χ1v) is 9.50. The first-order valence-electron chi connectivity index (χ1n) is 9.12. The lowest BCUT2D eigenvalue weighted by molar-refractivity contribution is 0.0706. The van der Waals surface area contributed by atoms with Crippen LogP contribution in [0.15, 0.2) is 77.9 Å². The van der Waals surface area contributed by atoms with Gasteiger partial charge in [0.25, 0.3) is 5.91 Å². The molecule has 0 saturated carbocycles. The number of hydrazone groups is 1. The molecule has 0 aromatic heterocycles. The van der Waals surface area contributed by atoms with Crippen molar-refractivity contribution in [3.05, 3.63) is 100 Å². The van der Waals surface area contributed by atoms with E-state index >= 15 is 0 Å². The molecule has 4 nitrogen and oxygen atoms in total. The molecule has 6 heteroatoms. The Morgan fingerprint density at radius 2 is 1.90 bits per heavy atom. The van der Waals surface area contributed by atoms with Crippen LogP contribution in [0.5, 0.6) is 5.75 Å². The number of benzene rings is 3. The van der Waals surface area contributed by atoms with Crippen LogP contribution in [0.2, 0.25) is 5.02 Å². The maximum absolute atomic E-state index is 14.3. The summed E-state index contributed by atoms with van der Waals surface area (Å²) in [6.07, 6.45) is 0.480. The normalized spacial score (nSPS) is 15.9. The van der Waals surface area contributed by atoms with Gasteiger partial charge in [-0.1, -0.05) is 48.0 Å². The van der Waals surface area contributed by atoms with Crippen molar-refractivity contribution < 1.29 is 13.9 Å². The summed E-state index contributed by atoms with van der Waals surface area (Å²) in [4.78, 5) is 13.2. The summed E-state index contributed by atoms with van der Waals surface area (Å²) in [5.41, 5.74) is 2.39. The average Bonchev–Trinajstić information content (AvgIpc) is 3.19. The summed E-state index contributed by atoms with van der Waals surface area (Å²) in [6, 6.07) is 20.3. The zero-order valence-corrected chi connectivity index (χ0v) is 16.4. The number of hydrogen-bond donors (Lipinski definition) is 0. The Morgan fingerprint density at radius 1 is 1.10 bits per heavy atom. The molecule has 0 radical (unpaired) electrons. The third kappa shape index (κ3) is 3.87. The van der Waals surface area contributed by atoms with Gasteiger partial charge >= 0.3 is 0 Å². The van der Waals surface area contributed by atoms with Crippen molar-refractivity contribution in [3.8, 4) is 5.75 Å². The van der Waals surface area contributed by atoms with E-state index in [4.69, 9.17) is 16.3 Å². The fourth-order valence-corrected chi connectivity index (χ4v) is 3.60. The minimum Gasteiger partial charge on any atom is -0.497 e. The molecule has 146 valence electrons. The molecule has 29 heavy (non-hydrogen) atoms. The molecule has 1 heterocycles. The molecule has 0 saturated heterocycles. The van der Waals surface area contributed by atoms with Gasteiger partial charge < -0.3 is 4.74 Å². The summed E-state index contributed by atoms with van der Waals surface area (Å²) < 4.78 is 19.6. The summed E-state index contributed by atoms with van der Waals surface area (Å²) in [6.45, 7) is 0. The van der Waals surface area contributed by atoms with Gasteiger partial charge in [-0.05, 0) is 42.0 Å². The molecule has 3 aromatic carbocycles. The van der Waals surface area contributed by atoms with E-state index in [9.17, 15) is 9.18 Å². The Balaban J connectivity index is 1.77. The van der Waals surface area contributed by atoms with E-state index in [1.165, 1.54) is 17.1 Å². The van der Waals surface area contributed by atoms with E-state index < -0.39 is 11.7 Å². The van der Waals surface area contributed by atoms with Gasteiger partial charge in [0, 0.05) is 17.0 Å². The number of ether oxygens (including phenoxy) is 1. The second-order valence-electron chi connectivity index (χ2n) is 6.68. The number of hydrogen-bond acceptors (Lipinski definition) is 3. The molecule has 1 amide bonds. The van der Waals surface area contributed by atoms with Crippen LogP contribution in [0, 0.1) is 5.82 Å². The highest BCUT2D eigenvalue weighted by Gasteiger charge is 2.34. The third-order valence-electron chi connectivity index (χ3n) is 4.86. The topological polar surface area (TPSA) is 41.9 Å². The van der Waals surface area contributed by atoms with Gasteiger partial charge in [-0.3, -0.25) is 4.79 Å². The number of nitrogens with zero attached hydrogens (tertiary/aromatic N) is 2. The quantitative estimate of drug-likeness (QED) is 0.573. The first kappa shape index (κ1) is 19.2. The van der Waals surface area contributed by atoms with E-state index in [2.05, 4.69) is 5.10 Å². The highest BCUT2D eigenvalue weighted by Crippen LogP contribution is 2.35. The first-order chi connectivity index (χ1) is 14.1. The molecule has 0 spiro atoms. The Morgan fingerprint density at radius 3 is 2.66 bits per heavy atom. The molecular weight excluding hydrogens is 391 g/mol. The number of carbonyl (C=O) groups excluding carboxylic acids is 1. The van der Waals surface area contributed by atoms with Crippen molar-refractivity contribution in [2.45, 2.75) is 12.5 Å². The lowest BCUT2D eigenvalue weighted by atomic mass is 9.98. The minimum absolute atomic E-state index is 0.0184. The summed E-state index contributed by atoms with van der Waals surface area (Å²) >= 11 is 6.17. The van der Waals surface area contributed by atoms with Gasteiger partial charge in [-0.15, -0.1) is 0 Å². The van der Waals surface area contributed by atoms with Crippen LogP contribution in [0.3, 0.4) is 0 Å². The number of amides is 1. The van der Waals surface area contributed by atoms with Crippen LogP contribution in [0.1, 0.15) is 33.9 Å². The average molecular weight is 409 g/mol. The van der Waals surface area contributed by atoms with Gasteiger partial charge in [0.15, 0.2) is 0 Å². The third-order valence-corrected chi connectivity index (χ3v) is 5.09. The van der Waals surface area contributed by atoms with Gasteiger partial charge in [0.1, 0.15) is 11.6 Å². The van der Waals surface area contributed by atoms with Crippen LogP contribution in [0.25, 0.3) is 0 Å². The number of carbonyl (C=O) groups is 1. The highest BCUT2D eigenvalue weighted by molar-refractivity contribution is 6.30. The number of methoxy groups -OCH3 is 1. The zero-order valence-electron chi connectivity index (χ0n) is 15.7. The zero-order chi connectivity index (χ0) is 20.4. The predicted molar refractivity (Wildman–Crippen MR) is 111 cm³/mol. The van der Waals surface area contributed by atoms with E-state index in [1.807, 2.05) is 36.4 Å². The molecule has 1 aliphatic heterocycles. The largest absolute Gasteiger partial charge is 0.497 e. The van der Waals surface area contributed by atoms with E-state index in [-0.39, 0.29) is 11.6 Å². The van der Waals surface area contributed by atoms with Crippen molar-refractivity contribution in [1.82, 2.24) is 5.01 Å². The standard InChI is InChI=1S/C23H18ClFN2O2/c1-29-18-9-5-6-15(13-18)21-14-22(16-7-4-8-17(24)12-16)27(26-21)23(28)19-10-2-3-11-20(19)25/h2-13,22H,14H2,1H3/t22-/m0/s1. The molecule has 0 N–H and O–H groups in total. The monoisotopic (exact) mass is 408 g/mol. The van der Waals surface area contributed by atoms with Crippen molar-refractivity contribution in [3.63, 3.8) is 0 Å². The summed E-state index contributed by atoms with van der Waals surface area (Å²) in [5.74, 6) is -0.373. The predicted octanol–water partition coefficient (Wildman–Crippen LogP) is 5.48. The molecule has 1 atom stereocenters. The SMILES string of the molecule is COc1cccc(C2=NN(C(=O)c3ccccc3F)[C@H](c3cccc(Cl)c3)C2)c1. The molecular formula is C23H18ClFN2O2. The highest BCUT2D eigenvalue weighted by atomic mass is 35.5. The van der Waals surface area contributed by atoms with E-state index in [0.29, 0.717) is 17.2 Å². The summed E-state index contributed by atoms with van der Waals surface area (Å²) in [7, 11) is 1.60. The summed E-state index contributed by atoms with van der Waals surface area (Å²) in [5, 5.41) is 6.49. The molecule has 1 aliphatic rings. The molecule has 0 aliphatic carbocycles. The van der Waals surface area contributed by atoms with Crippen molar-refractivity contribution in [1.29, 1.82) is 0 Å². The van der Waals surface area contributed by atoms with Gasteiger partial charge in [-0.2, -0.15) is 5.10 Å². The Labute approximate surface area is 173 Å². The molecule has 0 unspecified atom stereocenters. The number of rotatable bonds is 4. The van der Waals surface area contributed by atoms with Gasteiger partial charge in [0.05, 0.1) is 24.4 Å². The molecule has 0 fully saturated rings. The Kier molecular flexibility index (Phi) is 5.32. The Bertz CT molecular complexity index is 1100.